The van der Waals surface area contributed by atoms with Crippen molar-refractivity contribution >= 4 is 44.3 Å². The Morgan fingerprint density at radius 3 is 2.61 bits per heavy atom. The number of rotatable bonds is 0. The van der Waals surface area contributed by atoms with Crippen LogP contribution in [-0.4, -0.2) is 0 Å². The first-order chi connectivity index (χ1) is 8.84. The fraction of sp³-hybridized carbons (Fsp3) is 0. The van der Waals surface area contributed by atoms with Crippen molar-refractivity contribution in [2.24, 2.45) is 0 Å². The van der Waals surface area contributed by atoms with Crippen LogP contribution in [-0.2, 0) is 0 Å². The summed E-state index contributed by atoms with van der Waals surface area (Å²) in [6.07, 6.45) is 0. The smallest absolute Gasteiger partial charge is 0.143 e. The van der Waals surface area contributed by atoms with E-state index in [0.717, 1.165) is 32.3 Å². The summed E-state index contributed by atoms with van der Waals surface area (Å²) in [5.41, 5.74) is 1.75. The van der Waals surface area contributed by atoms with E-state index in [1.54, 1.807) is 0 Å². The van der Waals surface area contributed by atoms with Crippen LogP contribution in [0.4, 0.5) is 0 Å². The number of halogens is 1. The molecule has 3 aromatic carbocycles. The Kier molecular flexibility index (Phi) is 1.94. The largest absolute Gasteiger partial charge is 0.455 e. The second-order valence-corrected chi connectivity index (χ2v) is 4.79. The molecule has 2 heteroatoms. The lowest BCUT2D eigenvalue weighted by Crippen LogP contribution is -1.73. The molecule has 1 nitrogen and oxygen atoms in total. The average Bonchev–Trinajstić information content (AvgIpc) is 2.79. The number of benzene rings is 3. The van der Waals surface area contributed by atoms with Gasteiger partial charge in [-0.1, -0.05) is 48.0 Å². The molecule has 0 saturated heterocycles. The van der Waals surface area contributed by atoms with Crippen molar-refractivity contribution in [1.29, 1.82) is 0 Å². The highest BCUT2D eigenvalue weighted by Gasteiger charge is 2.11. The summed E-state index contributed by atoms with van der Waals surface area (Å²) in [7, 11) is 0. The van der Waals surface area contributed by atoms with Gasteiger partial charge >= 0.3 is 0 Å². The van der Waals surface area contributed by atoms with E-state index in [1.807, 2.05) is 30.3 Å². The Bertz CT molecular complexity index is 889. The van der Waals surface area contributed by atoms with Crippen LogP contribution < -0.4 is 0 Å². The van der Waals surface area contributed by atoms with E-state index in [4.69, 9.17) is 16.0 Å². The SMILES string of the molecule is Clc1cccc2oc3c4ccccc4ccc3c12. The van der Waals surface area contributed by atoms with Crippen LogP contribution in [0.2, 0.25) is 5.02 Å². The molecule has 0 bridgehead atoms. The van der Waals surface area contributed by atoms with Crippen molar-refractivity contribution in [2.45, 2.75) is 0 Å². The summed E-state index contributed by atoms with van der Waals surface area (Å²) in [5.74, 6) is 0. The number of fused-ring (bicyclic) bond motifs is 5. The van der Waals surface area contributed by atoms with E-state index in [-0.39, 0.29) is 0 Å². The summed E-state index contributed by atoms with van der Waals surface area (Å²) in [5, 5.41) is 5.12. The van der Waals surface area contributed by atoms with Crippen molar-refractivity contribution in [2.75, 3.05) is 0 Å². The molecule has 0 unspecified atom stereocenters. The molecule has 1 aromatic heterocycles. The molecule has 18 heavy (non-hydrogen) atoms. The molecule has 0 saturated carbocycles. The first-order valence-corrected chi connectivity index (χ1v) is 6.21. The fourth-order valence-electron chi connectivity index (χ4n) is 2.51. The van der Waals surface area contributed by atoms with Crippen molar-refractivity contribution in [3.8, 4) is 0 Å². The van der Waals surface area contributed by atoms with Gasteiger partial charge in [0.2, 0.25) is 0 Å². The number of furan rings is 1. The minimum absolute atomic E-state index is 0.738. The van der Waals surface area contributed by atoms with E-state index in [2.05, 4.69) is 24.3 Å². The van der Waals surface area contributed by atoms with Crippen LogP contribution >= 0.6 is 11.6 Å². The molecule has 0 fully saturated rings. The normalized spacial score (nSPS) is 11.6. The highest BCUT2D eigenvalue weighted by molar-refractivity contribution is 6.38. The van der Waals surface area contributed by atoms with Crippen molar-refractivity contribution in [3.05, 3.63) is 59.6 Å². The summed E-state index contributed by atoms with van der Waals surface area (Å²) >= 11 is 6.27. The third kappa shape index (κ3) is 1.22. The van der Waals surface area contributed by atoms with Crippen LogP contribution in [0.3, 0.4) is 0 Å². The molecule has 0 spiro atoms. The van der Waals surface area contributed by atoms with Crippen LogP contribution in [0.1, 0.15) is 0 Å². The maximum Gasteiger partial charge on any atom is 0.143 e. The van der Waals surface area contributed by atoms with Gasteiger partial charge in [-0.3, -0.25) is 0 Å². The fourth-order valence-corrected chi connectivity index (χ4v) is 2.78. The van der Waals surface area contributed by atoms with E-state index in [1.165, 1.54) is 5.39 Å². The average molecular weight is 253 g/mol. The first-order valence-electron chi connectivity index (χ1n) is 5.83. The molecule has 4 rings (SSSR count). The molecule has 0 atom stereocenters. The van der Waals surface area contributed by atoms with E-state index in [9.17, 15) is 0 Å². The van der Waals surface area contributed by atoms with Crippen molar-refractivity contribution < 1.29 is 4.42 Å². The Morgan fingerprint density at radius 1 is 0.778 bits per heavy atom. The molecular weight excluding hydrogens is 244 g/mol. The van der Waals surface area contributed by atoms with Gasteiger partial charge in [0.1, 0.15) is 11.2 Å². The third-order valence-corrected chi connectivity index (χ3v) is 3.65. The van der Waals surface area contributed by atoms with E-state index >= 15 is 0 Å². The predicted molar refractivity (Wildman–Crippen MR) is 76.2 cm³/mol. The standard InChI is InChI=1S/C16H9ClO/c17-13-6-3-7-14-15(13)12-9-8-10-4-1-2-5-11(10)16(12)18-14/h1-9H. The summed E-state index contributed by atoms with van der Waals surface area (Å²) < 4.78 is 5.96. The zero-order valence-electron chi connectivity index (χ0n) is 9.48. The summed E-state index contributed by atoms with van der Waals surface area (Å²) in [6, 6.07) is 18.2. The zero-order valence-corrected chi connectivity index (χ0v) is 10.2. The van der Waals surface area contributed by atoms with Gasteiger partial charge in [0.25, 0.3) is 0 Å². The quantitative estimate of drug-likeness (QED) is 0.409. The minimum atomic E-state index is 0.738. The van der Waals surface area contributed by atoms with Gasteiger partial charge < -0.3 is 4.42 Å². The molecular formula is C16H9ClO. The van der Waals surface area contributed by atoms with Gasteiger partial charge in [0, 0.05) is 16.2 Å². The third-order valence-electron chi connectivity index (χ3n) is 3.34. The summed E-state index contributed by atoms with van der Waals surface area (Å²) in [4.78, 5) is 0. The molecule has 0 N–H and O–H groups in total. The van der Waals surface area contributed by atoms with Crippen LogP contribution in [0.5, 0.6) is 0 Å². The Balaban J connectivity index is 2.34. The molecule has 86 valence electrons. The maximum atomic E-state index is 6.27. The predicted octanol–water partition coefficient (Wildman–Crippen LogP) is 5.39. The lowest BCUT2D eigenvalue weighted by molar-refractivity contribution is 0.672. The second-order valence-electron chi connectivity index (χ2n) is 4.38. The number of hydrogen-bond acceptors (Lipinski definition) is 1. The first kappa shape index (κ1) is 9.98. The maximum absolute atomic E-state index is 6.27. The summed E-state index contributed by atoms with van der Waals surface area (Å²) in [6.45, 7) is 0. The minimum Gasteiger partial charge on any atom is -0.455 e. The van der Waals surface area contributed by atoms with Crippen molar-refractivity contribution in [3.63, 3.8) is 0 Å². The molecule has 0 aliphatic carbocycles. The Morgan fingerprint density at radius 2 is 1.67 bits per heavy atom. The number of hydrogen-bond donors (Lipinski definition) is 0. The van der Waals surface area contributed by atoms with Crippen LogP contribution in [0, 0.1) is 0 Å². The molecule has 0 aliphatic rings. The van der Waals surface area contributed by atoms with Gasteiger partial charge in [-0.2, -0.15) is 0 Å². The van der Waals surface area contributed by atoms with E-state index < -0.39 is 0 Å². The molecule has 4 aromatic rings. The lowest BCUT2D eigenvalue weighted by atomic mass is 10.1. The van der Waals surface area contributed by atoms with E-state index in [0.29, 0.717) is 0 Å². The molecule has 0 amide bonds. The van der Waals surface area contributed by atoms with Gasteiger partial charge in [-0.25, -0.2) is 0 Å². The molecule has 1 heterocycles. The lowest BCUT2D eigenvalue weighted by Gasteiger charge is -1.97. The highest BCUT2D eigenvalue weighted by Crippen LogP contribution is 2.37. The second kappa shape index (κ2) is 3.50. The molecule has 0 aliphatic heterocycles. The van der Waals surface area contributed by atoms with Crippen LogP contribution in [0.15, 0.2) is 59.0 Å². The topological polar surface area (TPSA) is 13.1 Å². The van der Waals surface area contributed by atoms with Gasteiger partial charge in [0.15, 0.2) is 0 Å². The Labute approximate surface area is 109 Å². The van der Waals surface area contributed by atoms with Gasteiger partial charge in [-0.15, -0.1) is 0 Å². The van der Waals surface area contributed by atoms with Gasteiger partial charge in [-0.05, 0) is 23.6 Å². The highest BCUT2D eigenvalue weighted by atomic mass is 35.5. The Hall–Kier alpha value is -1.99. The molecule has 0 radical (unpaired) electrons. The van der Waals surface area contributed by atoms with Crippen molar-refractivity contribution in [1.82, 2.24) is 0 Å². The monoisotopic (exact) mass is 252 g/mol. The van der Waals surface area contributed by atoms with Gasteiger partial charge in [0.05, 0.1) is 5.02 Å². The van der Waals surface area contributed by atoms with Crippen LogP contribution in [0.25, 0.3) is 32.7 Å². The zero-order chi connectivity index (χ0) is 12.1.